The predicted molar refractivity (Wildman–Crippen MR) is 69.3 cm³/mol. The second-order valence-electron chi connectivity index (χ2n) is 4.11. The number of carboxylic acids is 1. The minimum absolute atomic E-state index is 0.0325. The summed E-state index contributed by atoms with van der Waals surface area (Å²) < 4.78 is 1.16. The van der Waals surface area contributed by atoms with E-state index in [1.807, 2.05) is 25.1 Å². The van der Waals surface area contributed by atoms with Gasteiger partial charge in [-0.2, -0.15) is 5.10 Å². The van der Waals surface area contributed by atoms with Crippen LogP contribution in [0.15, 0.2) is 30.3 Å². The van der Waals surface area contributed by atoms with Crippen molar-refractivity contribution in [3.8, 4) is 0 Å². The van der Waals surface area contributed by atoms with Crippen LogP contribution in [0.2, 0.25) is 0 Å². The van der Waals surface area contributed by atoms with Crippen molar-refractivity contribution in [2.75, 3.05) is 5.32 Å². The minimum Gasteiger partial charge on any atom is -0.477 e. The lowest BCUT2D eigenvalue weighted by atomic mass is 10.2. The number of carbonyl (C=O) groups excluding carboxylic acids is 1. The second kappa shape index (κ2) is 4.93. The second-order valence-corrected chi connectivity index (χ2v) is 4.11. The van der Waals surface area contributed by atoms with Crippen molar-refractivity contribution >= 4 is 17.6 Å². The normalized spacial score (nSPS) is 10.2. The third-order valence-corrected chi connectivity index (χ3v) is 2.72. The summed E-state index contributed by atoms with van der Waals surface area (Å²) in [7, 11) is 1.48. The van der Waals surface area contributed by atoms with Gasteiger partial charge in [0.05, 0.1) is 0 Å². The summed E-state index contributed by atoms with van der Waals surface area (Å²) in [5.41, 5.74) is 1.64. The van der Waals surface area contributed by atoms with Crippen molar-refractivity contribution in [2.45, 2.75) is 6.92 Å². The van der Waals surface area contributed by atoms with Gasteiger partial charge in [-0.25, -0.2) is 4.79 Å². The van der Waals surface area contributed by atoms with Gasteiger partial charge in [-0.15, -0.1) is 0 Å². The summed E-state index contributed by atoms with van der Waals surface area (Å²) in [5.74, 6) is -1.55. The number of hydrogen-bond acceptors (Lipinski definition) is 3. The molecule has 0 radical (unpaired) electrons. The van der Waals surface area contributed by atoms with Gasteiger partial charge in [0, 0.05) is 18.8 Å². The van der Waals surface area contributed by atoms with Gasteiger partial charge in [-0.3, -0.25) is 9.48 Å². The monoisotopic (exact) mass is 259 g/mol. The number of aromatic nitrogens is 2. The molecule has 0 spiro atoms. The summed E-state index contributed by atoms with van der Waals surface area (Å²) in [4.78, 5) is 22.9. The van der Waals surface area contributed by atoms with E-state index in [0.29, 0.717) is 5.69 Å². The van der Waals surface area contributed by atoms with Crippen LogP contribution in [0, 0.1) is 6.92 Å². The number of carboxylic acid groups (broad SMARTS) is 1. The van der Waals surface area contributed by atoms with Crippen molar-refractivity contribution in [1.82, 2.24) is 9.78 Å². The molecule has 98 valence electrons. The summed E-state index contributed by atoms with van der Waals surface area (Å²) in [6.45, 7) is 1.87. The highest BCUT2D eigenvalue weighted by Crippen LogP contribution is 2.14. The number of nitrogens with zero attached hydrogens (tertiary/aromatic N) is 2. The third-order valence-electron chi connectivity index (χ3n) is 2.72. The number of para-hydroxylation sites is 1. The Balaban J connectivity index is 2.24. The largest absolute Gasteiger partial charge is 0.477 e. The molecule has 6 nitrogen and oxygen atoms in total. The Kier molecular flexibility index (Phi) is 3.33. The summed E-state index contributed by atoms with van der Waals surface area (Å²) >= 11 is 0. The molecule has 0 aliphatic carbocycles. The molecule has 19 heavy (non-hydrogen) atoms. The Morgan fingerprint density at radius 2 is 2.00 bits per heavy atom. The number of amides is 1. The van der Waals surface area contributed by atoms with Crippen LogP contribution in [-0.4, -0.2) is 26.8 Å². The van der Waals surface area contributed by atoms with Gasteiger partial charge in [-0.1, -0.05) is 18.2 Å². The molecular weight excluding hydrogens is 246 g/mol. The first-order chi connectivity index (χ1) is 8.99. The Labute approximate surface area is 109 Å². The molecule has 2 N–H and O–H groups in total. The van der Waals surface area contributed by atoms with Crippen molar-refractivity contribution in [3.05, 3.63) is 47.3 Å². The van der Waals surface area contributed by atoms with E-state index in [2.05, 4.69) is 10.4 Å². The van der Waals surface area contributed by atoms with E-state index in [1.54, 1.807) is 6.07 Å². The highest BCUT2D eigenvalue weighted by molar-refractivity contribution is 6.04. The maximum Gasteiger partial charge on any atom is 0.354 e. The number of benzene rings is 1. The Hall–Kier alpha value is -2.63. The number of aryl methyl sites for hydroxylation is 2. The lowest BCUT2D eigenvalue weighted by molar-refractivity contribution is 0.0685. The van der Waals surface area contributed by atoms with Crippen molar-refractivity contribution in [3.63, 3.8) is 0 Å². The van der Waals surface area contributed by atoms with Gasteiger partial charge in [0.25, 0.3) is 5.91 Å². The van der Waals surface area contributed by atoms with Crippen LogP contribution in [0.4, 0.5) is 5.69 Å². The van der Waals surface area contributed by atoms with Gasteiger partial charge < -0.3 is 10.4 Å². The standard InChI is InChI=1S/C13H13N3O3/c1-8-5-3-4-6-9(8)14-12(17)10-7-11(13(18)19)16(2)15-10/h3-7H,1-2H3,(H,14,17)(H,18,19). The first-order valence-electron chi connectivity index (χ1n) is 5.63. The Morgan fingerprint density at radius 3 is 2.58 bits per heavy atom. The van der Waals surface area contributed by atoms with E-state index in [1.165, 1.54) is 13.1 Å². The van der Waals surface area contributed by atoms with Crippen LogP contribution in [0.5, 0.6) is 0 Å². The van der Waals surface area contributed by atoms with E-state index in [9.17, 15) is 9.59 Å². The highest BCUT2D eigenvalue weighted by atomic mass is 16.4. The number of aromatic carboxylic acids is 1. The van der Waals surface area contributed by atoms with Gasteiger partial charge >= 0.3 is 5.97 Å². The van der Waals surface area contributed by atoms with E-state index >= 15 is 0 Å². The molecule has 0 saturated carbocycles. The van der Waals surface area contributed by atoms with E-state index in [4.69, 9.17) is 5.11 Å². The van der Waals surface area contributed by atoms with Crippen LogP contribution in [0.25, 0.3) is 0 Å². The lowest BCUT2D eigenvalue weighted by Gasteiger charge is -2.05. The van der Waals surface area contributed by atoms with Crippen molar-refractivity contribution < 1.29 is 14.7 Å². The fraction of sp³-hybridized carbons (Fsp3) is 0.154. The maximum absolute atomic E-state index is 12.0. The number of hydrogen-bond donors (Lipinski definition) is 2. The summed E-state index contributed by atoms with van der Waals surface area (Å²) in [6.07, 6.45) is 0. The number of rotatable bonds is 3. The molecule has 1 amide bonds. The van der Waals surface area contributed by atoms with Crippen LogP contribution in [-0.2, 0) is 7.05 Å². The fourth-order valence-electron chi connectivity index (χ4n) is 1.68. The van der Waals surface area contributed by atoms with E-state index < -0.39 is 11.9 Å². The van der Waals surface area contributed by atoms with Gasteiger partial charge in [0.1, 0.15) is 5.69 Å². The van der Waals surface area contributed by atoms with Crippen LogP contribution in [0.3, 0.4) is 0 Å². The molecule has 1 heterocycles. The van der Waals surface area contributed by atoms with Gasteiger partial charge in [0.2, 0.25) is 0 Å². The summed E-state index contributed by atoms with van der Waals surface area (Å²) in [5, 5.41) is 15.5. The zero-order chi connectivity index (χ0) is 14.0. The molecule has 0 saturated heterocycles. The average molecular weight is 259 g/mol. The van der Waals surface area contributed by atoms with Gasteiger partial charge in [0.15, 0.2) is 5.69 Å². The van der Waals surface area contributed by atoms with Crippen LogP contribution < -0.4 is 5.32 Å². The number of carbonyl (C=O) groups is 2. The van der Waals surface area contributed by atoms with E-state index in [-0.39, 0.29) is 11.4 Å². The van der Waals surface area contributed by atoms with Crippen LogP contribution >= 0.6 is 0 Å². The molecule has 6 heteroatoms. The maximum atomic E-state index is 12.0. The molecule has 0 bridgehead atoms. The smallest absolute Gasteiger partial charge is 0.354 e. The van der Waals surface area contributed by atoms with Gasteiger partial charge in [-0.05, 0) is 18.6 Å². The third kappa shape index (κ3) is 2.62. The predicted octanol–water partition coefficient (Wildman–Crippen LogP) is 1.68. The SMILES string of the molecule is Cc1ccccc1NC(=O)c1cc(C(=O)O)n(C)n1. The Morgan fingerprint density at radius 1 is 1.32 bits per heavy atom. The quantitative estimate of drug-likeness (QED) is 0.878. The topological polar surface area (TPSA) is 84.2 Å². The van der Waals surface area contributed by atoms with E-state index in [0.717, 1.165) is 10.2 Å². The molecule has 1 aromatic heterocycles. The van der Waals surface area contributed by atoms with Crippen molar-refractivity contribution in [1.29, 1.82) is 0 Å². The Bertz CT molecular complexity index is 646. The van der Waals surface area contributed by atoms with Crippen molar-refractivity contribution in [2.24, 2.45) is 7.05 Å². The molecule has 0 atom stereocenters. The zero-order valence-corrected chi connectivity index (χ0v) is 10.5. The average Bonchev–Trinajstić information content (AvgIpc) is 2.74. The molecule has 1 aromatic carbocycles. The minimum atomic E-state index is -1.12. The number of nitrogens with one attached hydrogen (secondary N) is 1. The molecule has 0 aliphatic rings. The first-order valence-corrected chi connectivity index (χ1v) is 5.63. The van der Waals surface area contributed by atoms with Crippen LogP contribution in [0.1, 0.15) is 26.5 Å². The lowest BCUT2D eigenvalue weighted by Crippen LogP contribution is -2.13. The molecule has 2 aromatic rings. The molecule has 2 rings (SSSR count). The first kappa shape index (κ1) is 12.8. The molecular formula is C13H13N3O3. The fourth-order valence-corrected chi connectivity index (χ4v) is 1.68. The molecule has 0 fully saturated rings. The molecule has 0 aliphatic heterocycles. The summed E-state index contributed by atoms with van der Waals surface area (Å²) in [6, 6.07) is 8.57. The zero-order valence-electron chi connectivity index (χ0n) is 10.5. The number of anilines is 1. The molecule has 0 unspecified atom stereocenters. The highest BCUT2D eigenvalue weighted by Gasteiger charge is 2.17.